The third kappa shape index (κ3) is 2.85. The van der Waals surface area contributed by atoms with Crippen LogP contribution >= 0.6 is 0 Å². The Bertz CT molecular complexity index is 645. The molecule has 2 aromatic rings. The van der Waals surface area contributed by atoms with Gasteiger partial charge in [0.2, 0.25) is 0 Å². The van der Waals surface area contributed by atoms with Crippen molar-refractivity contribution in [3.05, 3.63) is 53.3 Å². The lowest BCUT2D eigenvalue weighted by atomic mass is 9.99. The molecule has 0 aliphatic carbocycles. The highest BCUT2D eigenvalue weighted by Gasteiger charge is 2.16. The fourth-order valence-electron chi connectivity index (χ4n) is 2.89. The molecule has 2 heterocycles. The van der Waals surface area contributed by atoms with Crippen LogP contribution in [0.15, 0.2) is 36.5 Å². The largest absolute Gasteiger partial charge is 0.344 e. The number of rotatable bonds is 4. The first-order valence-corrected chi connectivity index (χ1v) is 7.57. The molecule has 0 saturated carbocycles. The van der Waals surface area contributed by atoms with E-state index < -0.39 is 0 Å². The highest BCUT2D eigenvalue weighted by molar-refractivity contribution is 6.03. The van der Waals surface area contributed by atoms with Crippen molar-refractivity contribution >= 4 is 11.6 Å². The van der Waals surface area contributed by atoms with E-state index in [1.165, 1.54) is 11.1 Å². The summed E-state index contributed by atoms with van der Waals surface area (Å²) in [6.07, 6.45) is 3.94. The normalized spacial score (nSPS) is 13.8. The van der Waals surface area contributed by atoms with Gasteiger partial charge >= 0.3 is 0 Å². The summed E-state index contributed by atoms with van der Waals surface area (Å²) < 4.78 is 2.01. The van der Waals surface area contributed by atoms with Crippen LogP contribution in [0.1, 0.15) is 35.0 Å². The van der Waals surface area contributed by atoms with E-state index >= 15 is 0 Å². The Labute approximate surface area is 125 Å². The summed E-state index contributed by atoms with van der Waals surface area (Å²) in [5.74, 6) is -0.0274. The number of nitrogens with one attached hydrogen (secondary N) is 2. The predicted octanol–water partition coefficient (Wildman–Crippen LogP) is 2.80. The summed E-state index contributed by atoms with van der Waals surface area (Å²) in [4.78, 5) is 12.5. The van der Waals surface area contributed by atoms with Gasteiger partial charge in [0, 0.05) is 25.0 Å². The van der Waals surface area contributed by atoms with E-state index in [0.717, 1.165) is 43.9 Å². The lowest BCUT2D eigenvalue weighted by Crippen LogP contribution is -2.25. The molecular weight excluding hydrogens is 262 g/mol. The van der Waals surface area contributed by atoms with E-state index in [1.807, 2.05) is 35.0 Å². The van der Waals surface area contributed by atoms with Crippen LogP contribution in [-0.2, 0) is 19.5 Å². The van der Waals surface area contributed by atoms with E-state index in [0.29, 0.717) is 0 Å². The first-order valence-electron chi connectivity index (χ1n) is 7.57. The van der Waals surface area contributed by atoms with E-state index in [2.05, 4.69) is 23.6 Å². The molecule has 0 radical (unpaired) electrons. The Balaban J connectivity index is 1.83. The molecule has 4 nitrogen and oxygen atoms in total. The minimum absolute atomic E-state index is 0.0274. The number of carbonyl (C=O) groups is 1. The SMILES string of the molecule is CCCn1cccc1C(=O)Nc1cccc2c1CCNC2. The molecule has 0 fully saturated rings. The standard InChI is InChI=1S/C17H21N3O/c1-2-10-20-11-4-7-16(20)17(21)19-15-6-3-5-13-12-18-9-8-14(13)15/h3-7,11,18H,2,8-10,12H2,1H3,(H,19,21). The number of hydrogen-bond donors (Lipinski definition) is 2. The Morgan fingerprint density at radius 1 is 1.33 bits per heavy atom. The lowest BCUT2D eigenvalue weighted by molar-refractivity contribution is 0.101. The topological polar surface area (TPSA) is 46.1 Å². The van der Waals surface area contributed by atoms with Crippen molar-refractivity contribution in [1.82, 2.24) is 9.88 Å². The molecule has 0 unspecified atom stereocenters. The monoisotopic (exact) mass is 283 g/mol. The van der Waals surface area contributed by atoms with Crippen LogP contribution in [-0.4, -0.2) is 17.0 Å². The molecule has 21 heavy (non-hydrogen) atoms. The molecule has 0 spiro atoms. The maximum atomic E-state index is 12.5. The lowest BCUT2D eigenvalue weighted by Gasteiger charge is -2.20. The van der Waals surface area contributed by atoms with Crippen LogP contribution in [0.3, 0.4) is 0 Å². The molecule has 1 aliphatic heterocycles. The van der Waals surface area contributed by atoms with Gasteiger partial charge in [-0.25, -0.2) is 0 Å². The Kier molecular flexibility index (Phi) is 4.06. The van der Waals surface area contributed by atoms with Crippen LogP contribution < -0.4 is 10.6 Å². The summed E-state index contributed by atoms with van der Waals surface area (Å²) in [6, 6.07) is 9.93. The number of anilines is 1. The van der Waals surface area contributed by atoms with Crippen LogP contribution in [0, 0.1) is 0 Å². The van der Waals surface area contributed by atoms with Crippen molar-refractivity contribution in [1.29, 1.82) is 0 Å². The van der Waals surface area contributed by atoms with Crippen molar-refractivity contribution in [2.24, 2.45) is 0 Å². The predicted molar refractivity (Wildman–Crippen MR) is 84.5 cm³/mol. The molecule has 0 saturated heterocycles. The molecule has 1 aromatic heterocycles. The van der Waals surface area contributed by atoms with E-state index in [1.54, 1.807) is 0 Å². The maximum Gasteiger partial charge on any atom is 0.272 e. The van der Waals surface area contributed by atoms with Gasteiger partial charge in [-0.3, -0.25) is 4.79 Å². The van der Waals surface area contributed by atoms with Gasteiger partial charge in [-0.15, -0.1) is 0 Å². The summed E-state index contributed by atoms with van der Waals surface area (Å²) in [6.45, 7) is 4.83. The average Bonchev–Trinajstić information content (AvgIpc) is 2.96. The second-order valence-electron chi connectivity index (χ2n) is 5.41. The number of carbonyl (C=O) groups excluding carboxylic acids is 1. The second-order valence-corrected chi connectivity index (χ2v) is 5.41. The molecule has 2 N–H and O–H groups in total. The van der Waals surface area contributed by atoms with Gasteiger partial charge in [-0.05, 0) is 48.7 Å². The number of aromatic nitrogens is 1. The highest BCUT2D eigenvalue weighted by atomic mass is 16.1. The number of amides is 1. The van der Waals surface area contributed by atoms with Gasteiger partial charge in [-0.2, -0.15) is 0 Å². The first-order chi connectivity index (χ1) is 10.3. The molecule has 4 heteroatoms. The molecule has 1 aromatic carbocycles. The van der Waals surface area contributed by atoms with E-state index in [-0.39, 0.29) is 5.91 Å². The fraction of sp³-hybridized carbons (Fsp3) is 0.353. The van der Waals surface area contributed by atoms with Gasteiger partial charge in [-0.1, -0.05) is 19.1 Å². The number of benzene rings is 1. The maximum absolute atomic E-state index is 12.5. The average molecular weight is 283 g/mol. The zero-order valence-electron chi connectivity index (χ0n) is 12.4. The minimum atomic E-state index is -0.0274. The Morgan fingerprint density at radius 2 is 2.24 bits per heavy atom. The molecular formula is C17H21N3O. The van der Waals surface area contributed by atoms with Gasteiger partial charge < -0.3 is 15.2 Å². The zero-order chi connectivity index (χ0) is 14.7. The summed E-state index contributed by atoms with van der Waals surface area (Å²) in [5, 5.41) is 6.44. The number of fused-ring (bicyclic) bond motifs is 1. The molecule has 110 valence electrons. The van der Waals surface area contributed by atoms with Crippen LogP contribution in [0.5, 0.6) is 0 Å². The Hall–Kier alpha value is -2.07. The van der Waals surface area contributed by atoms with Crippen molar-refractivity contribution in [3.8, 4) is 0 Å². The van der Waals surface area contributed by atoms with E-state index in [4.69, 9.17) is 0 Å². The van der Waals surface area contributed by atoms with Crippen LogP contribution in [0.2, 0.25) is 0 Å². The summed E-state index contributed by atoms with van der Waals surface area (Å²) in [7, 11) is 0. The first kappa shape index (κ1) is 13.9. The van der Waals surface area contributed by atoms with Gasteiger partial charge in [0.15, 0.2) is 0 Å². The third-order valence-electron chi connectivity index (χ3n) is 3.92. The molecule has 1 amide bonds. The molecule has 3 rings (SSSR count). The van der Waals surface area contributed by atoms with Gasteiger partial charge in [0.1, 0.15) is 5.69 Å². The summed E-state index contributed by atoms with van der Waals surface area (Å²) in [5.41, 5.74) is 4.22. The van der Waals surface area contributed by atoms with Crippen molar-refractivity contribution in [3.63, 3.8) is 0 Å². The van der Waals surface area contributed by atoms with Gasteiger partial charge in [0.25, 0.3) is 5.91 Å². The number of aryl methyl sites for hydroxylation is 1. The molecule has 1 aliphatic rings. The second kappa shape index (κ2) is 6.14. The fourth-order valence-corrected chi connectivity index (χ4v) is 2.89. The van der Waals surface area contributed by atoms with Crippen molar-refractivity contribution in [2.45, 2.75) is 32.9 Å². The zero-order valence-corrected chi connectivity index (χ0v) is 12.4. The third-order valence-corrected chi connectivity index (χ3v) is 3.92. The number of nitrogens with zero attached hydrogens (tertiary/aromatic N) is 1. The quantitative estimate of drug-likeness (QED) is 0.906. The highest BCUT2D eigenvalue weighted by Crippen LogP contribution is 2.23. The number of hydrogen-bond acceptors (Lipinski definition) is 2. The van der Waals surface area contributed by atoms with Gasteiger partial charge in [0.05, 0.1) is 0 Å². The Morgan fingerprint density at radius 3 is 3.10 bits per heavy atom. The smallest absolute Gasteiger partial charge is 0.272 e. The van der Waals surface area contributed by atoms with Crippen LogP contribution in [0.4, 0.5) is 5.69 Å². The molecule has 0 bridgehead atoms. The van der Waals surface area contributed by atoms with Crippen molar-refractivity contribution < 1.29 is 4.79 Å². The van der Waals surface area contributed by atoms with Crippen molar-refractivity contribution in [2.75, 3.05) is 11.9 Å². The van der Waals surface area contributed by atoms with Crippen LogP contribution in [0.25, 0.3) is 0 Å². The minimum Gasteiger partial charge on any atom is -0.344 e. The molecule has 0 atom stereocenters. The van der Waals surface area contributed by atoms with E-state index in [9.17, 15) is 4.79 Å². The summed E-state index contributed by atoms with van der Waals surface area (Å²) >= 11 is 0.